The van der Waals surface area contributed by atoms with Gasteiger partial charge in [0.25, 0.3) is 0 Å². The number of aryl methyl sites for hydroxylation is 1. The van der Waals surface area contributed by atoms with Crippen molar-refractivity contribution in [2.75, 3.05) is 0 Å². The van der Waals surface area contributed by atoms with Crippen LogP contribution in [-0.4, -0.2) is 9.97 Å². The molecule has 16 heavy (non-hydrogen) atoms. The quantitative estimate of drug-likeness (QED) is 0.671. The second-order valence-corrected chi connectivity index (χ2v) is 2.36. The minimum Gasteiger partial charge on any atom is -0.360 e. The first kappa shape index (κ1) is 17.1. The number of aromatic nitrogens is 2. The average Bonchev–Trinajstić information content (AvgIpc) is 2.84. The standard InChI is InChI=1S/C8H8N2.3C2H6/c1-6-2-3-7-8(10-6)4-5-9-7;3*1-2/h2-5,9H,1H3;3*1-2H3. The van der Waals surface area contributed by atoms with Gasteiger partial charge in [0.1, 0.15) is 0 Å². The van der Waals surface area contributed by atoms with Crippen molar-refractivity contribution in [1.82, 2.24) is 9.97 Å². The zero-order valence-corrected chi connectivity index (χ0v) is 11.8. The lowest BCUT2D eigenvalue weighted by Crippen LogP contribution is -1.78. The zero-order chi connectivity index (χ0) is 13.0. The summed E-state index contributed by atoms with van der Waals surface area (Å²) in [6, 6.07) is 6.01. The topological polar surface area (TPSA) is 28.7 Å². The lowest BCUT2D eigenvalue weighted by Gasteiger charge is -1.89. The molecule has 2 heterocycles. The van der Waals surface area contributed by atoms with Crippen LogP contribution in [0.1, 0.15) is 47.2 Å². The SMILES string of the molecule is CC.CC.CC.Cc1ccc2[nH]ccc2n1. The van der Waals surface area contributed by atoms with Crippen molar-refractivity contribution in [3.05, 3.63) is 30.1 Å². The Hall–Kier alpha value is -1.31. The fourth-order valence-electron chi connectivity index (χ4n) is 1.04. The van der Waals surface area contributed by atoms with Gasteiger partial charge in [0.2, 0.25) is 0 Å². The molecule has 0 aliphatic heterocycles. The molecule has 0 fully saturated rings. The van der Waals surface area contributed by atoms with Gasteiger partial charge in [0.05, 0.1) is 11.0 Å². The van der Waals surface area contributed by atoms with E-state index in [0.717, 1.165) is 16.7 Å². The predicted octanol–water partition coefficient (Wildman–Crippen LogP) is 4.95. The van der Waals surface area contributed by atoms with E-state index in [9.17, 15) is 0 Å². The molecule has 0 saturated heterocycles. The monoisotopic (exact) mass is 222 g/mol. The maximum absolute atomic E-state index is 4.30. The average molecular weight is 222 g/mol. The van der Waals surface area contributed by atoms with Crippen LogP contribution in [0.4, 0.5) is 0 Å². The van der Waals surface area contributed by atoms with E-state index in [1.54, 1.807) is 0 Å². The molecule has 0 aromatic carbocycles. The second kappa shape index (κ2) is 11.8. The van der Waals surface area contributed by atoms with Crippen molar-refractivity contribution in [2.24, 2.45) is 0 Å². The van der Waals surface area contributed by atoms with E-state index in [1.807, 2.05) is 72.9 Å². The Morgan fingerprint density at radius 2 is 1.44 bits per heavy atom. The minimum atomic E-state index is 1.04. The van der Waals surface area contributed by atoms with Crippen LogP contribution >= 0.6 is 0 Å². The molecule has 0 atom stereocenters. The molecule has 0 aliphatic rings. The summed E-state index contributed by atoms with van der Waals surface area (Å²) in [5, 5.41) is 0. The number of aromatic amines is 1. The van der Waals surface area contributed by atoms with Crippen molar-refractivity contribution in [3.63, 3.8) is 0 Å². The van der Waals surface area contributed by atoms with E-state index >= 15 is 0 Å². The molecule has 0 saturated carbocycles. The molecule has 92 valence electrons. The van der Waals surface area contributed by atoms with E-state index in [0.29, 0.717) is 0 Å². The lowest BCUT2D eigenvalue weighted by atomic mass is 10.3. The summed E-state index contributed by atoms with van der Waals surface area (Å²) in [6.45, 7) is 14.0. The summed E-state index contributed by atoms with van der Waals surface area (Å²) >= 11 is 0. The molecule has 1 N–H and O–H groups in total. The van der Waals surface area contributed by atoms with Crippen LogP contribution in [-0.2, 0) is 0 Å². The van der Waals surface area contributed by atoms with Gasteiger partial charge >= 0.3 is 0 Å². The van der Waals surface area contributed by atoms with Gasteiger partial charge in [-0.2, -0.15) is 0 Å². The highest BCUT2D eigenvalue weighted by Gasteiger charge is 1.92. The summed E-state index contributed by atoms with van der Waals surface area (Å²) < 4.78 is 0. The predicted molar refractivity (Wildman–Crippen MR) is 74.9 cm³/mol. The molecule has 2 nitrogen and oxygen atoms in total. The van der Waals surface area contributed by atoms with Crippen LogP contribution in [0.25, 0.3) is 11.0 Å². The highest BCUT2D eigenvalue weighted by Crippen LogP contribution is 2.08. The number of pyridine rings is 1. The second-order valence-electron chi connectivity index (χ2n) is 2.36. The van der Waals surface area contributed by atoms with E-state index in [4.69, 9.17) is 0 Å². The molecule has 0 aliphatic carbocycles. The van der Waals surface area contributed by atoms with Crippen LogP contribution in [0.2, 0.25) is 0 Å². The van der Waals surface area contributed by atoms with Gasteiger partial charge in [-0.3, -0.25) is 4.98 Å². The number of hydrogen-bond donors (Lipinski definition) is 1. The highest BCUT2D eigenvalue weighted by molar-refractivity contribution is 5.74. The maximum Gasteiger partial charge on any atom is 0.0881 e. The highest BCUT2D eigenvalue weighted by atomic mass is 14.8. The van der Waals surface area contributed by atoms with Gasteiger partial charge in [0, 0.05) is 11.9 Å². The molecular formula is C14H26N2. The Morgan fingerprint density at radius 1 is 0.875 bits per heavy atom. The van der Waals surface area contributed by atoms with Crippen molar-refractivity contribution >= 4 is 11.0 Å². The lowest BCUT2D eigenvalue weighted by molar-refractivity contribution is 1.26. The first-order valence-corrected chi connectivity index (χ1v) is 6.27. The van der Waals surface area contributed by atoms with Crippen LogP contribution in [0, 0.1) is 6.92 Å². The minimum absolute atomic E-state index is 1.04. The first-order chi connectivity index (χ1) is 7.86. The Morgan fingerprint density at radius 3 is 2.00 bits per heavy atom. The van der Waals surface area contributed by atoms with Gasteiger partial charge in [-0.05, 0) is 25.1 Å². The van der Waals surface area contributed by atoms with Gasteiger partial charge in [-0.25, -0.2) is 0 Å². The molecule has 2 rings (SSSR count). The van der Waals surface area contributed by atoms with Crippen molar-refractivity contribution in [2.45, 2.75) is 48.5 Å². The van der Waals surface area contributed by atoms with Crippen LogP contribution in [0.3, 0.4) is 0 Å². The number of nitrogens with one attached hydrogen (secondary N) is 1. The number of nitrogens with zero attached hydrogens (tertiary/aromatic N) is 1. The third-order valence-electron chi connectivity index (χ3n) is 1.54. The van der Waals surface area contributed by atoms with Gasteiger partial charge in [0.15, 0.2) is 0 Å². The first-order valence-electron chi connectivity index (χ1n) is 6.27. The summed E-state index contributed by atoms with van der Waals surface area (Å²) in [4.78, 5) is 7.39. The molecule has 0 radical (unpaired) electrons. The van der Waals surface area contributed by atoms with Crippen molar-refractivity contribution in [1.29, 1.82) is 0 Å². The van der Waals surface area contributed by atoms with Crippen molar-refractivity contribution in [3.8, 4) is 0 Å². The fraction of sp³-hybridized carbons (Fsp3) is 0.500. The van der Waals surface area contributed by atoms with E-state index in [-0.39, 0.29) is 0 Å². The Labute approximate surface area is 100 Å². The normalized spacial score (nSPS) is 7.69. The number of fused-ring (bicyclic) bond motifs is 1. The molecule has 2 aromatic heterocycles. The third kappa shape index (κ3) is 5.54. The maximum atomic E-state index is 4.30. The smallest absolute Gasteiger partial charge is 0.0881 e. The number of H-pyrrole nitrogens is 1. The molecule has 0 unspecified atom stereocenters. The largest absolute Gasteiger partial charge is 0.360 e. The summed E-state index contributed by atoms with van der Waals surface area (Å²) in [5.41, 5.74) is 3.21. The number of hydrogen-bond acceptors (Lipinski definition) is 1. The summed E-state index contributed by atoms with van der Waals surface area (Å²) in [6.07, 6.45) is 1.90. The fourth-order valence-corrected chi connectivity index (χ4v) is 1.04. The molecule has 0 spiro atoms. The summed E-state index contributed by atoms with van der Waals surface area (Å²) in [7, 11) is 0. The van der Waals surface area contributed by atoms with Gasteiger partial charge in [-0.15, -0.1) is 0 Å². The Kier molecular flexibility index (Phi) is 12.6. The molecule has 0 bridgehead atoms. The third-order valence-corrected chi connectivity index (χ3v) is 1.54. The Balaban J connectivity index is 0. The van der Waals surface area contributed by atoms with Gasteiger partial charge in [-0.1, -0.05) is 41.5 Å². The molecular weight excluding hydrogens is 196 g/mol. The Bertz CT molecular complexity index is 350. The zero-order valence-electron chi connectivity index (χ0n) is 11.8. The van der Waals surface area contributed by atoms with Crippen LogP contribution < -0.4 is 0 Å². The molecule has 2 heteroatoms. The van der Waals surface area contributed by atoms with Gasteiger partial charge < -0.3 is 4.98 Å². The van der Waals surface area contributed by atoms with Crippen LogP contribution in [0.5, 0.6) is 0 Å². The van der Waals surface area contributed by atoms with Crippen molar-refractivity contribution < 1.29 is 0 Å². The number of rotatable bonds is 0. The molecule has 0 amide bonds. The van der Waals surface area contributed by atoms with Crippen LogP contribution in [0.15, 0.2) is 24.4 Å². The van der Waals surface area contributed by atoms with E-state index in [1.165, 1.54) is 0 Å². The van der Waals surface area contributed by atoms with E-state index < -0.39 is 0 Å². The summed E-state index contributed by atoms with van der Waals surface area (Å²) in [5.74, 6) is 0. The van der Waals surface area contributed by atoms with E-state index in [2.05, 4.69) is 9.97 Å². The molecule has 2 aromatic rings.